The van der Waals surface area contributed by atoms with E-state index in [1.165, 1.54) is 5.69 Å². The van der Waals surface area contributed by atoms with Crippen molar-refractivity contribution >= 4 is 28.9 Å². The van der Waals surface area contributed by atoms with Gasteiger partial charge in [-0.15, -0.1) is 0 Å². The zero-order chi connectivity index (χ0) is 25.1. The molecular formula is C26H39N7O2. The standard InChI is InChI=1S/C26H39N7O2/c1-5-21-25(28-17-6-9-20(34)10-7-17)31-26(23(30-21)24(27)35)29-18-8-11-22(16(2)14-18)33-13-12-19(15-33)32(3)4/h8,11,14,17,19-20,34H,5-7,9-10,12-13,15H2,1-4H3,(H2,27,35)(H2,28,29,31)/t17-,19?,20-. The predicted octanol–water partition coefficient (Wildman–Crippen LogP) is 3.05. The molecular weight excluding hydrogens is 442 g/mol. The second kappa shape index (κ2) is 10.8. The number of benzene rings is 1. The molecule has 1 aliphatic heterocycles. The van der Waals surface area contributed by atoms with Crippen LogP contribution in [0.4, 0.5) is 23.0 Å². The lowest BCUT2D eigenvalue weighted by atomic mass is 9.93. The molecule has 9 nitrogen and oxygen atoms in total. The van der Waals surface area contributed by atoms with E-state index in [0.29, 0.717) is 29.8 Å². The summed E-state index contributed by atoms with van der Waals surface area (Å²) in [4.78, 5) is 26.3. The Hall–Kier alpha value is -2.91. The molecule has 5 N–H and O–H groups in total. The molecule has 190 valence electrons. The summed E-state index contributed by atoms with van der Waals surface area (Å²) < 4.78 is 0. The van der Waals surface area contributed by atoms with Gasteiger partial charge in [0.05, 0.1) is 11.8 Å². The molecule has 4 rings (SSSR count). The number of primary amides is 1. The quantitative estimate of drug-likeness (QED) is 0.454. The minimum Gasteiger partial charge on any atom is -0.393 e. The number of anilines is 4. The molecule has 9 heteroatoms. The SMILES string of the molecule is CCc1nc(C(N)=O)c(Nc2ccc(N3CCC(N(C)C)C3)c(C)c2)nc1N[C@H]1CC[C@H](O)CC1. The number of carbonyl (C=O) groups is 1. The van der Waals surface area contributed by atoms with Crippen LogP contribution in [0, 0.1) is 6.92 Å². The Morgan fingerprint density at radius 3 is 2.51 bits per heavy atom. The monoisotopic (exact) mass is 481 g/mol. The third-order valence-corrected chi connectivity index (χ3v) is 7.27. The molecule has 1 aromatic carbocycles. The number of hydrogen-bond donors (Lipinski definition) is 4. The van der Waals surface area contributed by atoms with Gasteiger partial charge in [-0.25, -0.2) is 9.97 Å². The number of aliphatic hydroxyl groups excluding tert-OH is 1. The molecule has 2 fully saturated rings. The number of nitrogens with one attached hydrogen (secondary N) is 2. The van der Waals surface area contributed by atoms with Crippen molar-refractivity contribution in [2.45, 2.75) is 70.6 Å². The van der Waals surface area contributed by atoms with Crippen molar-refractivity contribution in [3.8, 4) is 0 Å². The van der Waals surface area contributed by atoms with Crippen LogP contribution in [0.1, 0.15) is 60.8 Å². The van der Waals surface area contributed by atoms with E-state index in [4.69, 9.17) is 10.7 Å². The zero-order valence-electron chi connectivity index (χ0n) is 21.3. The average Bonchev–Trinajstić information content (AvgIpc) is 3.31. The summed E-state index contributed by atoms with van der Waals surface area (Å²) in [7, 11) is 4.27. The summed E-state index contributed by atoms with van der Waals surface area (Å²) >= 11 is 0. The van der Waals surface area contributed by atoms with E-state index in [0.717, 1.165) is 56.4 Å². The number of aromatic nitrogens is 2. The third kappa shape index (κ3) is 5.85. The molecule has 2 aliphatic rings. The number of likely N-dealkylation sites (N-methyl/N-ethyl adjacent to an activating group) is 1. The van der Waals surface area contributed by atoms with Gasteiger partial charge in [-0.2, -0.15) is 0 Å². The van der Waals surface area contributed by atoms with Gasteiger partial charge >= 0.3 is 0 Å². The van der Waals surface area contributed by atoms with Crippen molar-refractivity contribution in [3.05, 3.63) is 35.2 Å². The fraction of sp³-hybridized carbons (Fsp3) is 0.577. The summed E-state index contributed by atoms with van der Waals surface area (Å²) in [5.74, 6) is 0.415. The number of aryl methyl sites for hydroxylation is 2. The molecule has 1 unspecified atom stereocenters. The first-order chi connectivity index (χ1) is 16.7. The van der Waals surface area contributed by atoms with Gasteiger partial charge in [-0.1, -0.05) is 6.92 Å². The van der Waals surface area contributed by atoms with Crippen molar-refractivity contribution in [2.24, 2.45) is 5.73 Å². The van der Waals surface area contributed by atoms with Crippen molar-refractivity contribution < 1.29 is 9.90 Å². The number of nitrogens with zero attached hydrogens (tertiary/aromatic N) is 4. The zero-order valence-corrected chi connectivity index (χ0v) is 21.3. The maximum absolute atomic E-state index is 12.2. The number of hydrogen-bond acceptors (Lipinski definition) is 8. The minimum absolute atomic E-state index is 0.140. The summed E-state index contributed by atoms with van der Waals surface area (Å²) in [6, 6.07) is 7.00. The molecule has 1 saturated carbocycles. The largest absolute Gasteiger partial charge is 0.393 e. The van der Waals surface area contributed by atoms with E-state index in [-0.39, 0.29) is 17.8 Å². The Kier molecular flexibility index (Phi) is 7.76. The van der Waals surface area contributed by atoms with Crippen molar-refractivity contribution in [2.75, 3.05) is 42.7 Å². The fourth-order valence-electron chi connectivity index (χ4n) is 5.11. The number of aliphatic hydroxyl groups is 1. The van der Waals surface area contributed by atoms with E-state index >= 15 is 0 Å². The van der Waals surface area contributed by atoms with Gasteiger partial charge in [-0.05, 0) is 83.3 Å². The molecule has 1 amide bonds. The molecule has 35 heavy (non-hydrogen) atoms. The van der Waals surface area contributed by atoms with E-state index < -0.39 is 5.91 Å². The highest BCUT2D eigenvalue weighted by Gasteiger charge is 2.26. The van der Waals surface area contributed by atoms with Crippen molar-refractivity contribution in [3.63, 3.8) is 0 Å². The van der Waals surface area contributed by atoms with E-state index in [9.17, 15) is 9.90 Å². The normalized spacial score (nSPS) is 22.5. The van der Waals surface area contributed by atoms with Gasteiger partial charge in [-0.3, -0.25) is 4.79 Å². The van der Waals surface area contributed by atoms with Gasteiger partial charge in [0.15, 0.2) is 11.5 Å². The second-order valence-corrected chi connectivity index (χ2v) is 10.1. The molecule has 1 aliphatic carbocycles. The Morgan fingerprint density at radius 1 is 1.17 bits per heavy atom. The third-order valence-electron chi connectivity index (χ3n) is 7.27. The van der Waals surface area contributed by atoms with Crippen LogP contribution in [0.2, 0.25) is 0 Å². The molecule has 2 aromatic rings. The molecule has 0 bridgehead atoms. The maximum Gasteiger partial charge on any atom is 0.271 e. The second-order valence-electron chi connectivity index (χ2n) is 10.1. The number of nitrogens with two attached hydrogens (primary N) is 1. The van der Waals surface area contributed by atoms with E-state index in [1.807, 2.05) is 13.0 Å². The van der Waals surface area contributed by atoms with Crippen LogP contribution in [0.5, 0.6) is 0 Å². The van der Waals surface area contributed by atoms with Crippen LogP contribution in [0.15, 0.2) is 18.2 Å². The first-order valence-electron chi connectivity index (χ1n) is 12.7. The van der Waals surface area contributed by atoms with E-state index in [1.54, 1.807) is 0 Å². The fourth-order valence-corrected chi connectivity index (χ4v) is 5.11. The summed E-state index contributed by atoms with van der Waals surface area (Å²) in [6.07, 6.45) is 4.85. The lowest BCUT2D eigenvalue weighted by Gasteiger charge is -2.27. The summed E-state index contributed by atoms with van der Waals surface area (Å²) in [5, 5.41) is 16.6. The Balaban J connectivity index is 1.56. The Bertz CT molecular complexity index is 1050. The highest BCUT2D eigenvalue weighted by atomic mass is 16.3. The first kappa shape index (κ1) is 25.2. The lowest BCUT2D eigenvalue weighted by molar-refractivity contribution is 0.0996. The van der Waals surface area contributed by atoms with Gasteiger partial charge in [0.2, 0.25) is 0 Å². The molecule has 1 saturated heterocycles. The lowest BCUT2D eigenvalue weighted by Crippen LogP contribution is -2.31. The topological polar surface area (TPSA) is 120 Å². The molecule has 1 atom stereocenters. The Morgan fingerprint density at radius 2 is 1.91 bits per heavy atom. The van der Waals surface area contributed by atoms with Gasteiger partial charge in [0.1, 0.15) is 5.82 Å². The molecule has 0 spiro atoms. The number of amides is 1. The van der Waals surface area contributed by atoms with Crippen LogP contribution < -0.4 is 21.3 Å². The van der Waals surface area contributed by atoms with Crippen LogP contribution >= 0.6 is 0 Å². The predicted molar refractivity (Wildman–Crippen MR) is 141 cm³/mol. The smallest absolute Gasteiger partial charge is 0.271 e. The van der Waals surface area contributed by atoms with Crippen LogP contribution in [0.25, 0.3) is 0 Å². The summed E-state index contributed by atoms with van der Waals surface area (Å²) in [5.41, 5.74) is 9.75. The van der Waals surface area contributed by atoms with Gasteiger partial charge in [0, 0.05) is 36.5 Å². The number of rotatable bonds is 8. The van der Waals surface area contributed by atoms with Crippen LogP contribution in [-0.4, -0.2) is 71.3 Å². The van der Waals surface area contributed by atoms with Crippen LogP contribution in [-0.2, 0) is 6.42 Å². The van der Waals surface area contributed by atoms with Crippen molar-refractivity contribution in [1.29, 1.82) is 0 Å². The number of carbonyl (C=O) groups excluding carboxylic acids is 1. The minimum atomic E-state index is -0.609. The molecule has 0 radical (unpaired) electrons. The van der Waals surface area contributed by atoms with Gasteiger partial charge in [0.25, 0.3) is 5.91 Å². The Labute approximate surface area is 208 Å². The molecule has 1 aromatic heterocycles. The highest BCUT2D eigenvalue weighted by molar-refractivity contribution is 5.96. The molecule has 2 heterocycles. The van der Waals surface area contributed by atoms with E-state index in [2.05, 4.69) is 58.6 Å². The first-order valence-corrected chi connectivity index (χ1v) is 12.7. The van der Waals surface area contributed by atoms with Crippen molar-refractivity contribution in [1.82, 2.24) is 14.9 Å². The maximum atomic E-state index is 12.2. The van der Waals surface area contributed by atoms with Crippen LogP contribution in [0.3, 0.4) is 0 Å². The highest BCUT2D eigenvalue weighted by Crippen LogP contribution is 2.30. The summed E-state index contributed by atoms with van der Waals surface area (Å²) in [6.45, 7) is 6.15. The average molecular weight is 482 g/mol. The van der Waals surface area contributed by atoms with Gasteiger partial charge < -0.3 is 31.3 Å².